The Balaban J connectivity index is 1.48. The van der Waals surface area contributed by atoms with E-state index in [2.05, 4.69) is 15.0 Å². The lowest BCUT2D eigenvalue weighted by Gasteiger charge is -2.06. The van der Waals surface area contributed by atoms with Gasteiger partial charge in [-0.1, -0.05) is 23.7 Å². The fourth-order valence-corrected chi connectivity index (χ4v) is 5.03. The van der Waals surface area contributed by atoms with Gasteiger partial charge in [-0.2, -0.15) is 0 Å². The molecule has 9 heteroatoms. The summed E-state index contributed by atoms with van der Waals surface area (Å²) < 4.78 is 27.1. The molecular formula is C20H18ClN3O3S2. The number of aromatic nitrogens is 1. The standard InChI is InChI=1S/C20H18ClN3O3S2/c1-12-18(13-2-6-15(21)7-3-13)22-20(28-12)23-19(25)14-4-10-17(11-5-14)29(26,27)24-16-8-9-16/h2-7,10-11,16,24H,8-9H2,1H3,(H,22,23,25). The van der Waals surface area contributed by atoms with E-state index in [4.69, 9.17) is 11.6 Å². The first kappa shape index (κ1) is 20.0. The van der Waals surface area contributed by atoms with Gasteiger partial charge in [-0.3, -0.25) is 10.1 Å². The molecule has 0 saturated heterocycles. The molecular weight excluding hydrogens is 430 g/mol. The third-order valence-electron chi connectivity index (χ3n) is 4.46. The molecule has 4 rings (SSSR count). The Kier molecular flexibility index (Phi) is 5.44. The summed E-state index contributed by atoms with van der Waals surface area (Å²) in [6, 6.07) is 13.2. The zero-order valence-corrected chi connectivity index (χ0v) is 17.9. The average molecular weight is 448 g/mol. The number of halogens is 1. The van der Waals surface area contributed by atoms with Crippen LogP contribution in [0.1, 0.15) is 28.1 Å². The van der Waals surface area contributed by atoms with Gasteiger partial charge in [0, 0.05) is 27.1 Å². The molecule has 0 radical (unpaired) electrons. The number of amides is 1. The van der Waals surface area contributed by atoms with Gasteiger partial charge in [0.1, 0.15) is 0 Å². The van der Waals surface area contributed by atoms with Gasteiger partial charge < -0.3 is 0 Å². The van der Waals surface area contributed by atoms with Crippen LogP contribution in [0.4, 0.5) is 5.13 Å². The van der Waals surface area contributed by atoms with Crippen molar-refractivity contribution in [1.29, 1.82) is 0 Å². The largest absolute Gasteiger partial charge is 0.298 e. The van der Waals surface area contributed by atoms with Crippen molar-refractivity contribution in [2.75, 3.05) is 5.32 Å². The third-order valence-corrected chi connectivity index (χ3v) is 7.14. The Bertz CT molecular complexity index is 1150. The number of benzene rings is 2. The summed E-state index contributed by atoms with van der Waals surface area (Å²) in [6.45, 7) is 1.93. The number of nitrogens with one attached hydrogen (secondary N) is 2. The third kappa shape index (κ3) is 4.67. The second-order valence-corrected chi connectivity index (χ2v) is 10.2. The number of hydrogen-bond acceptors (Lipinski definition) is 5. The monoisotopic (exact) mass is 447 g/mol. The lowest BCUT2D eigenvalue weighted by atomic mass is 10.1. The molecule has 0 aliphatic heterocycles. The number of carbonyl (C=O) groups excluding carboxylic acids is 1. The van der Waals surface area contributed by atoms with Crippen molar-refractivity contribution in [3.8, 4) is 11.3 Å². The molecule has 0 spiro atoms. The molecule has 1 aliphatic carbocycles. The molecule has 3 aromatic rings. The Hall–Kier alpha value is -2.26. The molecule has 1 fully saturated rings. The average Bonchev–Trinajstić information content (AvgIpc) is 3.42. The highest BCUT2D eigenvalue weighted by Gasteiger charge is 2.28. The van der Waals surface area contributed by atoms with Crippen LogP contribution in [0.15, 0.2) is 53.4 Å². The lowest BCUT2D eigenvalue weighted by molar-refractivity contribution is 0.102. The molecule has 150 valence electrons. The van der Waals surface area contributed by atoms with E-state index in [1.165, 1.54) is 35.6 Å². The zero-order chi connectivity index (χ0) is 20.6. The molecule has 29 heavy (non-hydrogen) atoms. The van der Waals surface area contributed by atoms with Gasteiger partial charge >= 0.3 is 0 Å². The molecule has 1 saturated carbocycles. The number of nitrogens with zero attached hydrogens (tertiary/aromatic N) is 1. The summed E-state index contributed by atoms with van der Waals surface area (Å²) >= 11 is 7.31. The number of rotatable bonds is 6. The minimum atomic E-state index is -3.54. The summed E-state index contributed by atoms with van der Waals surface area (Å²) in [5.41, 5.74) is 2.06. The van der Waals surface area contributed by atoms with Crippen molar-refractivity contribution in [2.24, 2.45) is 0 Å². The SMILES string of the molecule is Cc1sc(NC(=O)c2ccc(S(=O)(=O)NC3CC3)cc2)nc1-c1ccc(Cl)cc1. The number of sulfonamides is 1. The Morgan fingerprint density at radius 2 is 1.76 bits per heavy atom. The number of thiazole rings is 1. The minimum absolute atomic E-state index is 0.0333. The molecule has 1 aromatic heterocycles. The topological polar surface area (TPSA) is 88.2 Å². The van der Waals surface area contributed by atoms with Crippen LogP contribution in [0.5, 0.6) is 0 Å². The van der Waals surface area contributed by atoms with E-state index in [-0.39, 0.29) is 16.8 Å². The maximum absolute atomic E-state index is 12.5. The maximum atomic E-state index is 12.5. The van der Waals surface area contributed by atoms with E-state index >= 15 is 0 Å². The molecule has 1 heterocycles. The van der Waals surface area contributed by atoms with Crippen LogP contribution in [0, 0.1) is 6.92 Å². The van der Waals surface area contributed by atoms with Gasteiger partial charge in [0.05, 0.1) is 10.6 Å². The Morgan fingerprint density at radius 3 is 2.38 bits per heavy atom. The highest BCUT2D eigenvalue weighted by molar-refractivity contribution is 7.89. The van der Waals surface area contributed by atoms with E-state index in [9.17, 15) is 13.2 Å². The van der Waals surface area contributed by atoms with Crippen molar-refractivity contribution >= 4 is 44.0 Å². The van der Waals surface area contributed by atoms with Crippen molar-refractivity contribution in [1.82, 2.24) is 9.71 Å². The van der Waals surface area contributed by atoms with Gasteiger partial charge in [0.15, 0.2) is 5.13 Å². The summed E-state index contributed by atoms with van der Waals surface area (Å²) in [5, 5.41) is 3.90. The van der Waals surface area contributed by atoms with Crippen molar-refractivity contribution < 1.29 is 13.2 Å². The normalized spacial score (nSPS) is 14.0. The molecule has 0 atom stereocenters. The maximum Gasteiger partial charge on any atom is 0.257 e. The predicted molar refractivity (Wildman–Crippen MR) is 115 cm³/mol. The predicted octanol–water partition coefficient (Wildman–Crippen LogP) is 4.46. The van der Waals surface area contributed by atoms with Crippen LogP contribution in [-0.4, -0.2) is 25.4 Å². The fraction of sp³-hybridized carbons (Fsp3) is 0.200. The first-order chi connectivity index (χ1) is 13.8. The van der Waals surface area contributed by atoms with Crippen molar-refractivity contribution in [2.45, 2.75) is 30.7 Å². The second-order valence-electron chi connectivity index (χ2n) is 6.80. The van der Waals surface area contributed by atoms with E-state index in [1.54, 1.807) is 12.1 Å². The summed E-state index contributed by atoms with van der Waals surface area (Å²) in [4.78, 5) is 18.2. The lowest BCUT2D eigenvalue weighted by Crippen LogP contribution is -2.25. The first-order valence-electron chi connectivity index (χ1n) is 8.99. The number of anilines is 1. The van der Waals surface area contributed by atoms with Crippen LogP contribution in [-0.2, 0) is 10.0 Å². The molecule has 1 aliphatic rings. The van der Waals surface area contributed by atoms with Gasteiger partial charge in [0.2, 0.25) is 10.0 Å². The van der Waals surface area contributed by atoms with Crippen LogP contribution in [0.25, 0.3) is 11.3 Å². The van der Waals surface area contributed by atoms with E-state index in [0.717, 1.165) is 29.0 Å². The Morgan fingerprint density at radius 1 is 1.10 bits per heavy atom. The molecule has 2 aromatic carbocycles. The number of aryl methyl sites for hydroxylation is 1. The first-order valence-corrected chi connectivity index (χ1v) is 11.7. The number of hydrogen-bond donors (Lipinski definition) is 2. The van der Waals surface area contributed by atoms with E-state index < -0.39 is 10.0 Å². The fourth-order valence-electron chi connectivity index (χ4n) is 2.77. The molecule has 0 bridgehead atoms. The van der Waals surface area contributed by atoms with Gasteiger partial charge in [-0.15, -0.1) is 11.3 Å². The summed E-state index contributed by atoms with van der Waals surface area (Å²) in [5.74, 6) is -0.347. The number of carbonyl (C=O) groups is 1. The van der Waals surface area contributed by atoms with Gasteiger partial charge in [-0.05, 0) is 56.2 Å². The molecule has 2 N–H and O–H groups in total. The molecule has 6 nitrogen and oxygen atoms in total. The highest BCUT2D eigenvalue weighted by Crippen LogP contribution is 2.31. The van der Waals surface area contributed by atoms with Gasteiger partial charge in [0.25, 0.3) is 5.91 Å². The van der Waals surface area contributed by atoms with Crippen LogP contribution >= 0.6 is 22.9 Å². The van der Waals surface area contributed by atoms with Crippen LogP contribution in [0.3, 0.4) is 0 Å². The van der Waals surface area contributed by atoms with E-state index in [0.29, 0.717) is 15.7 Å². The smallest absolute Gasteiger partial charge is 0.257 e. The quantitative estimate of drug-likeness (QED) is 0.583. The van der Waals surface area contributed by atoms with Crippen molar-refractivity contribution in [3.63, 3.8) is 0 Å². The summed E-state index contributed by atoms with van der Waals surface area (Å²) in [6.07, 6.45) is 1.73. The van der Waals surface area contributed by atoms with Crippen LogP contribution < -0.4 is 10.0 Å². The minimum Gasteiger partial charge on any atom is -0.298 e. The molecule has 0 unspecified atom stereocenters. The Labute approximate surface area is 178 Å². The zero-order valence-electron chi connectivity index (χ0n) is 15.5. The van der Waals surface area contributed by atoms with Gasteiger partial charge in [-0.25, -0.2) is 18.1 Å². The highest BCUT2D eigenvalue weighted by atomic mass is 35.5. The van der Waals surface area contributed by atoms with Crippen LogP contribution in [0.2, 0.25) is 5.02 Å². The summed E-state index contributed by atoms with van der Waals surface area (Å²) in [7, 11) is -3.54. The second kappa shape index (κ2) is 7.87. The molecule has 1 amide bonds. The van der Waals surface area contributed by atoms with E-state index in [1.807, 2.05) is 19.1 Å². The van der Waals surface area contributed by atoms with Crippen molar-refractivity contribution in [3.05, 3.63) is 64.0 Å².